The predicted molar refractivity (Wildman–Crippen MR) is 63.3 cm³/mol. The van der Waals surface area contributed by atoms with E-state index in [4.69, 9.17) is 5.73 Å². The fourth-order valence-electron chi connectivity index (χ4n) is 1.43. The van der Waals surface area contributed by atoms with Crippen LogP contribution in [0.1, 0.15) is 38.2 Å². The Labute approximate surface area is 86.6 Å². The molecule has 0 saturated carbocycles. The second-order valence-electron chi connectivity index (χ2n) is 3.68. The number of nitrogens with two attached hydrogens (primary N) is 1. The van der Waals surface area contributed by atoms with E-state index in [1.54, 1.807) is 0 Å². The molecule has 14 heavy (non-hydrogen) atoms. The van der Waals surface area contributed by atoms with E-state index in [1.807, 2.05) is 12.1 Å². The lowest BCUT2D eigenvalue weighted by molar-refractivity contribution is 0.779. The van der Waals surface area contributed by atoms with Crippen molar-refractivity contribution in [1.82, 2.24) is 0 Å². The van der Waals surface area contributed by atoms with Crippen molar-refractivity contribution in [1.29, 1.82) is 0 Å². The first-order valence-corrected chi connectivity index (χ1v) is 5.24. The fourth-order valence-corrected chi connectivity index (χ4v) is 1.43. The molecule has 1 aromatic carbocycles. The van der Waals surface area contributed by atoms with Gasteiger partial charge >= 0.3 is 0 Å². The Hall–Kier alpha value is -1.24. The van der Waals surface area contributed by atoms with Crippen LogP contribution in [0.4, 0.5) is 5.69 Å². The number of nitrogen functional groups attached to an aromatic ring is 1. The van der Waals surface area contributed by atoms with Crippen molar-refractivity contribution in [3.05, 3.63) is 42.0 Å². The van der Waals surface area contributed by atoms with Gasteiger partial charge in [0.1, 0.15) is 0 Å². The van der Waals surface area contributed by atoms with Gasteiger partial charge in [-0.05, 0) is 36.5 Å². The maximum atomic E-state index is 5.63. The molecule has 0 radical (unpaired) electrons. The number of hydrogen-bond donors (Lipinski definition) is 1. The van der Waals surface area contributed by atoms with Gasteiger partial charge < -0.3 is 5.73 Å². The molecule has 0 heterocycles. The van der Waals surface area contributed by atoms with E-state index >= 15 is 0 Å². The topological polar surface area (TPSA) is 26.0 Å². The Bertz CT molecular complexity index is 285. The number of allylic oxidation sites excluding steroid dienone is 2. The van der Waals surface area contributed by atoms with Crippen LogP contribution < -0.4 is 5.73 Å². The quantitative estimate of drug-likeness (QED) is 0.567. The molecule has 1 unspecified atom stereocenters. The van der Waals surface area contributed by atoms with Gasteiger partial charge in [0.25, 0.3) is 0 Å². The van der Waals surface area contributed by atoms with Crippen LogP contribution in [0, 0.1) is 0 Å². The number of anilines is 1. The van der Waals surface area contributed by atoms with Crippen molar-refractivity contribution in [2.24, 2.45) is 0 Å². The van der Waals surface area contributed by atoms with Crippen LogP contribution in [0.15, 0.2) is 36.4 Å². The Morgan fingerprint density at radius 1 is 1.21 bits per heavy atom. The minimum Gasteiger partial charge on any atom is -0.399 e. The van der Waals surface area contributed by atoms with E-state index in [2.05, 4.69) is 38.1 Å². The fraction of sp³-hybridized carbons (Fsp3) is 0.385. The highest BCUT2D eigenvalue weighted by molar-refractivity contribution is 5.40. The van der Waals surface area contributed by atoms with E-state index in [9.17, 15) is 0 Å². The Morgan fingerprint density at radius 2 is 1.86 bits per heavy atom. The predicted octanol–water partition coefficient (Wildman–Crippen LogP) is 3.73. The third-order valence-corrected chi connectivity index (χ3v) is 2.40. The van der Waals surface area contributed by atoms with E-state index < -0.39 is 0 Å². The molecule has 2 N–H and O–H groups in total. The van der Waals surface area contributed by atoms with Gasteiger partial charge in [-0.1, -0.05) is 38.1 Å². The SMILES string of the molecule is CC/C=C\CC(C)c1ccc(N)cc1. The zero-order chi connectivity index (χ0) is 10.4. The monoisotopic (exact) mass is 189 g/mol. The van der Waals surface area contributed by atoms with Crippen LogP contribution in [0.25, 0.3) is 0 Å². The van der Waals surface area contributed by atoms with Crippen molar-refractivity contribution >= 4 is 5.69 Å². The van der Waals surface area contributed by atoms with Gasteiger partial charge in [-0.15, -0.1) is 0 Å². The second kappa shape index (κ2) is 5.48. The summed E-state index contributed by atoms with van der Waals surface area (Å²) in [5.74, 6) is 0.582. The lowest BCUT2D eigenvalue weighted by atomic mass is 9.97. The molecule has 1 rings (SSSR count). The van der Waals surface area contributed by atoms with E-state index in [1.165, 1.54) is 5.56 Å². The molecule has 0 aliphatic carbocycles. The zero-order valence-corrected chi connectivity index (χ0v) is 9.03. The summed E-state index contributed by atoms with van der Waals surface area (Å²) >= 11 is 0. The summed E-state index contributed by atoms with van der Waals surface area (Å²) in [6, 6.07) is 8.16. The van der Waals surface area contributed by atoms with Gasteiger partial charge in [0, 0.05) is 5.69 Å². The number of benzene rings is 1. The zero-order valence-electron chi connectivity index (χ0n) is 9.03. The first-order chi connectivity index (χ1) is 6.74. The molecule has 1 nitrogen and oxygen atoms in total. The largest absolute Gasteiger partial charge is 0.399 e. The molecule has 0 amide bonds. The molecule has 0 aromatic heterocycles. The maximum absolute atomic E-state index is 5.63. The molecule has 1 heteroatoms. The highest BCUT2D eigenvalue weighted by Gasteiger charge is 2.01. The van der Waals surface area contributed by atoms with Gasteiger partial charge in [0.15, 0.2) is 0 Å². The highest BCUT2D eigenvalue weighted by atomic mass is 14.5. The molecule has 1 aromatic rings. The lowest BCUT2D eigenvalue weighted by Gasteiger charge is -2.09. The molecule has 0 saturated heterocycles. The van der Waals surface area contributed by atoms with Crippen LogP contribution in [0.5, 0.6) is 0 Å². The van der Waals surface area contributed by atoms with Crippen molar-refractivity contribution in [2.75, 3.05) is 5.73 Å². The molecular formula is C13H19N. The van der Waals surface area contributed by atoms with E-state index in [0.717, 1.165) is 18.5 Å². The molecule has 1 atom stereocenters. The van der Waals surface area contributed by atoms with Crippen molar-refractivity contribution < 1.29 is 0 Å². The average molecular weight is 189 g/mol. The minimum absolute atomic E-state index is 0.582. The average Bonchev–Trinajstić information content (AvgIpc) is 2.19. The summed E-state index contributed by atoms with van der Waals surface area (Å²) in [5, 5.41) is 0. The molecular weight excluding hydrogens is 170 g/mol. The Balaban J connectivity index is 2.56. The Morgan fingerprint density at radius 3 is 2.43 bits per heavy atom. The van der Waals surface area contributed by atoms with Crippen LogP contribution in [0.3, 0.4) is 0 Å². The van der Waals surface area contributed by atoms with Gasteiger partial charge in [-0.2, -0.15) is 0 Å². The lowest BCUT2D eigenvalue weighted by Crippen LogP contribution is -1.92. The first kappa shape index (κ1) is 10.8. The summed E-state index contributed by atoms with van der Waals surface area (Å²) < 4.78 is 0. The highest BCUT2D eigenvalue weighted by Crippen LogP contribution is 2.20. The maximum Gasteiger partial charge on any atom is 0.0314 e. The standard InChI is InChI=1S/C13H19N/c1-3-4-5-6-11(2)12-7-9-13(14)10-8-12/h4-5,7-11H,3,6,14H2,1-2H3/b5-4-. The van der Waals surface area contributed by atoms with Crippen LogP contribution >= 0.6 is 0 Å². The van der Waals surface area contributed by atoms with Crippen molar-refractivity contribution in [3.8, 4) is 0 Å². The molecule has 0 fully saturated rings. The third kappa shape index (κ3) is 3.25. The van der Waals surface area contributed by atoms with Crippen LogP contribution in [0.2, 0.25) is 0 Å². The molecule has 0 spiro atoms. The van der Waals surface area contributed by atoms with Gasteiger partial charge in [0.2, 0.25) is 0 Å². The van der Waals surface area contributed by atoms with Crippen LogP contribution in [-0.2, 0) is 0 Å². The minimum atomic E-state index is 0.582. The normalized spacial score (nSPS) is 13.3. The summed E-state index contributed by atoms with van der Waals surface area (Å²) in [6.07, 6.45) is 6.70. The molecule has 0 bridgehead atoms. The smallest absolute Gasteiger partial charge is 0.0314 e. The number of hydrogen-bond acceptors (Lipinski definition) is 1. The van der Waals surface area contributed by atoms with Gasteiger partial charge in [-0.25, -0.2) is 0 Å². The van der Waals surface area contributed by atoms with Gasteiger partial charge in [-0.3, -0.25) is 0 Å². The van der Waals surface area contributed by atoms with Crippen molar-refractivity contribution in [2.45, 2.75) is 32.6 Å². The van der Waals surface area contributed by atoms with E-state index in [-0.39, 0.29) is 0 Å². The summed E-state index contributed by atoms with van der Waals surface area (Å²) in [7, 11) is 0. The number of rotatable bonds is 4. The second-order valence-corrected chi connectivity index (χ2v) is 3.68. The van der Waals surface area contributed by atoms with Crippen LogP contribution in [-0.4, -0.2) is 0 Å². The Kier molecular flexibility index (Phi) is 4.24. The molecule has 0 aliphatic heterocycles. The summed E-state index contributed by atoms with van der Waals surface area (Å²) in [6.45, 7) is 4.40. The molecule has 0 aliphatic rings. The van der Waals surface area contributed by atoms with Crippen molar-refractivity contribution in [3.63, 3.8) is 0 Å². The summed E-state index contributed by atoms with van der Waals surface area (Å²) in [4.78, 5) is 0. The first-order valence-electron chi connectivity index (χ1n) is 5.24. The summed E-state index contributed by atoms with van der Waals surface area (Å²) in [5.41, 5.74) is 7.83. The van der Waals surface area contributed by atoms with Gasteiger partial charge in [0.05, 0.1) is 0 Å². The molecule has 76 valence electrons. The van der Waals surface area contributed by atoms with E-state index in [0.29, 0.717) is 5.92 Å². The third-order valence-electron chi connectivity index (χ3n) is 2.40.